The number of anilines is 1. The Hall–Kier alpha value is -3.54. The van der Waals surface area contributed by atoms with E-state index in [2.05, 4.69) is 15.8 Å². The molecule has 1 amide bonds. The molecule has 0 aliphatic rings. The molecular weight excluding hydrogens is 342 g/mol. The third-order valence-corrected chi connectivity index (χ3v) is 3.95. The summed E-state index contributed by atoms with van der Waals surface area (Å²) < 4.78 is 5.32. The third-order valence-electron chi connectivity index (χ3n) is 3.95. The highest BCUT2D eigenvalue weighted by Crippen LogP contribution is 2.28. The Bertz CT molecular complexity index is 965. The van der Waals surface area contributed by atoms with Gasteiger partial charge in [-0.05, 0) is 30.5 Å². The highest BCUT2D eigenvalue weighted by Gasteiger charge is 2.06. The van der Waals surface area contributed by atoms with Crippen LogP contribution in [0.2, 0.25) is 0 Å². The van der Waals surface area contributed by atoms with Gasteiger partial charge in [-0.2, -0.15) is 5.10 Å². The second kappa shape index (κ2) is 8.71. The number of phenolic OH excluding ortho intramolecular Hbond substituents is 1. The van der Waals surface area contributed by atoms with Gasteiger partial charge in [0.2, 0.25) is 0 Å². The Labute approximate surface area is 157 Å². The molecule has 6 nitrogen and oxygen atoms in total. The van der Waals surface area contributed by atoms with Crippen LogP contribution in [-0.4, -0.2) is 30.4 Å². The lowest BCUT2D eigenvalue weighted by atomic mass is 10.1. The van der Waals surface area contributed by atoms with Gasteiger partial charge in [-0.3, -0.25) is 4.79 Å². The molecule has 0 aliphatic carbocycles. The number of carbonyl (C=O) groups excluding carboxylic acids is 1. The third kappa shape index (κ3) is 4.55. The van der Waals surface area contributed by atoms with Gasteiger partial charge in [-0.15, -0.1) is 0 Å². The Morgan fingerprint density at radius 1 is 1.11 bits per heavy atom. The number of fused-ring (bicyclic) bond motifs is 1. The second-order valence-corrected chi connectivity index (χ2v) is 5.80. The number of carbonyl (C=O) groups is 1. The van der Waals surface area contributed by atoms with Crippen LogP contribution in [0, 0.1) is 0 Å². The number of benzene rings is 3. The number of hydrazone groups is 1. The van der Waals surface area contributed by atoms with Gasteiger partial charge >= 0.3 is 0 Å². The van der Waals surface area contributed by atoms with Crippen LogP contribution in [0.25, 0.3) is 10.8 Å². The van der Waals surface area contributed by atoms with E-state index in [0.717, 1.165) is 16.5 Å². The fourth-order valence-electron chi connectivity index (χ4n) is 2.68. The quantitative estimate of drug-likeness (QED) is 0.443. The summed E-state index contributed by atoms with van der Waals surface area (Å²) in [5.74, 6) is 0.0799. The molecule has 0 heterocycles. The lowest BCUT2D eigenvalue weighted by Crippen LogP contribution is -2.25. The van der Waals surface area contributed by atoms with Gasteiger partial charge in [0.15, 0.2) is 11.5 Å². The molecule has 0 spiro atoms. The summed E-state index contributed by atoms with van der Waals surface area (Å²) in [4.78, 5) is 12.0. The molecule has 3 N–H and O–H groups in total. The highest BCUT2D eigenvalue weighted by atomic mass is 16.5. The van der Waals surface area contributed by atoms with Crippen LogP contribution in [-0.2, 0) is 4.79 Å². The summed E-state index contributed by atoms with van der Waals surface area (Å²) in [5.41, 5.74) is 3.79. The van der Waals surface area contributed by atoms with E-state index in [1.165, 1.54) is 6.21 Å². The van der Waals surface area contributed by atoms with E-state index in [9.17, 15) is 9.90 Å². The van der Waals surface area contributed by atoms with Crippen LogP contribution in [0.5, 0.6) is 11.5 Å². The van der Waals surface area contributed by atoms with E-state index in [1.807, 2.05) is 49.4 Å². The normalized spacial score (nSPS) is 10.9. The molecule has 27 heavy (non-hydrogen) atoms. The second-order valence-electron chi connectivity index (χ2n) is 5.80. The standard InChI is InChI=1S/C21H21N3O3/c1-2-27-19-12-6-9-16(21(19)26)13-23-24-20(25)14-22-18-11-5-8-15-7-3-4-10-17(15)18/h3-13,22,26H,2,14H2,1H3,(H,24,25)/b23-13+. The summed E-state index contributed by atoms with van der Waals surface area (Å²) in [5, 5.41) is 19.3. The minimum atomic E-state index is -0.292. The monoisotopic (exact) mass is 363 g/mol. The van der Waals surface area contributed by atoms with Crippen molar-refractivity contribution >= 4 is 28.6 Å². The van der Waals surface area contributed by atoms with Crippen LogP contribution >= 0.6 is 0 Å². The SMILES string of the molecule is CCOc1cccc(/C=N/NC(=O)CNc2cccc3ccccc23)c1O. The number of hydrogen-bond donors (Lipinski definition) is 3. The van der Waals surface area contributed by atoms with Crippen molar-refractivity contribution in [3.8, 4) is 11.5 Å². The molecule has 0 saturated heterocycles. The summed E-state index contributed by atoms with van der Waals surface area (Å²) in [6.45, 7) is 2.37. The van der Waals surface area contributed by atoms with E-state index in [1.54, 1.807) is 18.2 Å². The van der Waals surface area contributed by atoms with Crippen LogP contribution in [0.4, 0.5) is 5.69 Å². The molecule has 0 fully saturated rings. The number of phenols is 1. The molecule has 3 aromatic carbocycles. The van der Waals surface area contributed by atoms with Gasteiger partial charge in [0.25, 0.3) is 5.91 Å². The number of ether oxygens (including phenoxy) is 1. The number of para-hydroxylation sites is 1. The fourth-order valence-corrected chi connectivity index (χ4v) is 2.68. The maximum atomic E-state index is 12.0. The van der Waals surface area contributed by atoms with Crippen molar-refractivity contribution in [3.05, 3.63) is 66.2 Å². The molecule has 0 atom stereocenters. The van der Waals surface area contributed by atoms with Gasteiger partial charge in [-0.1, -0.05) is 42.5 Å². The molecule has 3 aromatic rings. The zero-order valence-electron chi connectivity index (χ0n) is 15.0. The highest BCUT2D eigenvalue weighted by molar-refractivity contribution is 5.95. The average molecular weight is 363 g/mol. The maximum Gasteiger partial charge on any atom is 0.259 e. The van der Waals surface area contributed by atoms with Crippen molar-refractivity contribution < 1.29 is 14.6 Å². The molecular formula is C21H21N3O3. The van der Waals surface area contributed by atoms with Crippen molar-refractivity contribution in [1.29, 1.82) is 0 Å². The number of aromatic hydroxyl groups is 1. The van der Waals surface area contributed by atoms with E-state index in [4.69, 9.17) is 4.74 Å². The van der Waals surface area contributed by atoms with Crippen molar-refractivity contribution in [1.82, 2.24) is 5.43 Å². The smallest absolute Gasteiger partial charge is 0.259 e. The molecule has 0 radical (unpaired) electrons. The molecule has 0 aliphatic heterocycles. The molecule has 0 saturated carbocycles. The number of rotatable bonds is 7. The summed E-state index contributed by atoms with van der Waals surface area (Å²) in [6, 6.07) is 18.9. The molecule has 138 valence electrons. The first kappa shape index (κ1) is 18.3. The number of nitrogens with one attached hydrogen (secondary N) is 2. The van der Waals surface area contributed by atoms with Crippen LogP contribution in [0.1, 0.15) is 12.5 Å². The van der Waals surface area contributed by atoms with Crippen LogP contribution in [0.3, 0.4) is 0 Å². The minimum absolute atomic E-state index is 0.00812. The number of hydrogen-bond acceptors (Lipinski definition) is 5. The van der Waals surface area contributed by atoms with Gasteiger partial charge in [-0.25, -0.2) is 5.43 Å². The van der Waals surface area contributed by atoms with Crippen molar-refractivity contribution in [2.24, 2.45) is 5.10 Å². The van der Waals surface area contributed by atoms with Crippen molar-refractivity contribution in [2.75, 3.05) is 18.5 Å². The van der Waals surface area contributed by atoms with E-state index < -0.39 is 0 Å². The van der Waals surface area contributed by atoms with E-state index >= 15 is 0 Å². The van der Waals surface area contributed by atoms with Gasteiger partial charge in [0.1, 0.15) is 0 Å². The van der Waals surface area contributed by atoms with Crippen molar-refractivity contribution in [2.45, 2.75) is 6.92 Å². The first-order valence-corrected chi connectivity index (χ1v) is 8.67. The first-order valence-electron chi connectivity index (χ1n) is 8.67. The van der Waals surface area contributed by atoms with E-state index in [-0.39, 0.29) is 18.2 Å². The Morgan fingerprint density at radius 3 is 2.74 bits per heavy atom. The van der Waals surface area contributed by atoms with Gasteiger partial charge in [0, 0.05) is 16.6 Å². The van der Waals surface area contributed by atoms with Crippen molar-refractivity contribution in [3.63, 3.8) is 0 Å². The summed E-state index contributed by atoms with van der Waals surface area (Å²) in [7, 11) is 0. The summed E-state index contributed by atoms with van der Waals surface area (Å²) >= 11 is 0. The lowest BCUT2D eigenvalue weighted by Gasteiger charge is -2.09. The Morgan fingerprint density at radius 2 is 1.89 bits per heavy atom. The average Bonchev–Trinajstić information content (AvgIpc) is 2.69. The molecule has 0 bridgehead atoms. The molecule has 0 aromatic heterocycles. The van der Waals surface area contributed by atoms with E-state index in [0.29, 0.717) is 17.9 Å². The van der Waals surface area contributed by atoms with Gasteiger partial charge < -0.3 is 15.2 Å². The maximum absolute atomic E-state index is 12.0. The lowest BCUT2D eigenvalue weighted by molar-refractivity contribution is -0.119. The zero-order chi connectivity index (χ0) is 19.1. The molecule has 0 unspecified atom stereocenters. The van der Waals surface area contributed by atoms with Crippen LogP contribution in [0.15, 0.2) is 65.8 Å². The molecule has 3 rings (SSSR count). The minimum Gasteiger partial charge on any atom is -0.504 e. The topological polar surface area (TPSA) is 83.0 Å². The zero-order valence-corrected chi connectivity index (χ0v) is 15.0. The van der Waals surface area contributed by atoms with Crippen LogP contribution < -0.4 is 15.5 Å². The Kier molecular flexibility index (Phi) is 5.89. The fraction of sp³-hybridized carbons (Fsp3) is 0.143. The Balaban J connectivity index is 1.58. The number of nitrogens with zero attached hydrogens (tertiary/aromatic N) is 1. The first-order chi connectivity index (χ1) is 13.2. The predicted molar refractivity (Wildman–Crippen MR) is 107 cm³/mol. The largest absolute Gasteiger partial charge is 0.504 e. The predicted octanol–water partition coefficient (Wildman–Crippen LogP) is 3.51. The number of amides is 1. The van der Waals surface area contributed by atoms with Gasteiger partial charge in [0.05, 0.1) is 19.4 Å². The summed E-state index contributed by atoms with van der Waals surface area (Å²) in [6.07, 6.45) is 1.38. The molecule has 6 heteroatoms.